The fourth-order valence-corrected chi connectivity index (χ4v) is 1.14. The third-order valence-corrected chi connectivity index (χ3v) is 1.90. The van der Waals surface area contributed by atoms with Gasteiger partial charge in [0.2, 0.25) is 11.8 Å². The smallest absolute Gasteiger partial charge is 0.223 e. The Morgan fingerprint density at radius 1 is 1.33 bits per heavy atom. The third kappa shape index (κ3) is 3.25. The van der Waals surface area contributed by atoms with Crippen molar-refractivity contribution in [3.05, 3.63) is 23.8 Å². The van der Waals surface area contributed by atoms with E-state index in [-0.39, 0.29) is 0 Å². The first-order chi connectivity index (χ1) is 7.31. The summed E-state index contributed by atoms with van der Waals surface area (Å²) in [7, 11) is 3.16. The van der Waals surface area contributed by atoms with Gasteiger partial charge in [-0.05, 0) is 19.0 Å². The normalized spacial score (nSPS) is 10.6. The van der Waals surface area contributed by atoms with E-state index in [1.54, 1.807) is 20.3 Å². The summed E-state index contributed by atoms with van der Waals surface area (Å²) in [6.45, 7) is 0.641. The lowest BCUT2D eigenvalue weighted by atomic mass is 10.2. The van der Waals surface area contributed by atoms with Gasteiger partial charge in [-0.15, -0.1) is 0 Å². The standard InChI is InChI=1S/C11H16N2O2/c1-14-10-7-6-9(5-3-4-8-12)11(13-10)15-2/h3,5-7H,4,8,12H2,1-2H3. The van der Waals surface area contributed by atoms with Crippen molar-refractivity contribution >= 4 is 6.08 Å². The van der Waals surface area contributed by atoms with E-state index in [9.17, 15) is 0 Å². The highest BCUT2D eigenvalue weighted by molar-refractivity contribution is 5.55. The maximum Gasteiger partial charge on any atom is 0.223 e. The first-order valence-corrected chi connectivity index (χ1v) is 4.77. The van der Waals surface area contributed by atoms with Crippen LogP contribution < -0.4 is 15.2 Å². The number of nitrogens with two attached hydrogens (primary N) is 1. The molecule has 0 aromatic carbocycles. The zero-order valence-electron chi connectivity index (χ0n) is 9.06. The zero-order valence-corrected chi connectivity index (χ0v) is 9.06. The van der Waals surface area contributed by atoms with E-state index >= 15 is 0 Å². The molecule has 1 aromatic rings. The predicted octanol–water partition coefficient (Wildman–Crippen LogP) is 1.46. The number of pyridine rings is 1. The number of rotatable bonds is 5. The van der Waals surface area contributed by atoms with Crippen LogP contribution in [0.25, 0.3) is 6.08 Å². The Balaban J connectivity index is 2.87. The molecule has 4 heteroatoms. The average Bonchev–Trinajstić information content (AvgIpc) is 2.29. The Bertz CT molecular complexity index is 337. The fourth-order valence-electron chi connectivity index (χ4n) is 1.14. The molecule has 1 rings (SSSR count). The molecule has 0 spiro atoms. The molecule has 0 saturated heterocycles. The summed E-state index contributed by atoms with van der Waals surface area (Å²) in [5, 5.41) is 0. The van der Waals surface area contributed by atoms with Crippen LogP contribution in [-0.2, 0) is 0 Å². The molecular formula is C11H16N2O2. The molecule has 0 aliphatic carbocycles. The number of hydrogen-bond donors (Lipinski definition) is 1. The first-order valence-electron chi connectivity index (χ1n) is 4.77. The third-order valence-electron chi connectivity index (χ3n) is 1.90. The van der Waals surface area contributed by atoms with E-state index in [4.69, 9.17) is 15.2 Å². The lowest BCUT2D eigenvalue weighted by Gasteiger charge is -2.05. The summed E-state index contributed by atoms with van der Waals surface area (Å²) in [4.78, 5) is 4.16. The van der Waals surface area contributed by atoms with Gasteiger partial charge in [0.15, 0.2) is 0 Å². The van der Waals surface area contributed by atoms with Gasteiger partial charge in [0, 0.05) is 11.6 Å². The van der Waals surface area contributed by atoms with Crippen molar-refractivity contribution in [1.29, 1.82) is 0 Å². The number of hydrogen-bond acceptors (Lipinski definition) is 4. The van der Waals surface area contributed by atoms with Crippen LogP contribution in [0.15, 0.2) is 18.2 Å². The zero-order chi connectivity index (χ0) is 11.1. The minimum Gasteiger partial charge on any atom is -0.481 e. The number of methoxy groups -OCH3 is 2. The predicted molar refractivity (Wildman–Crippen MR) is 60.0 cm³/mol. The largest absolute Gasteiger partial charge is 0.481 e. The van der Waals surface area contributed by atoms with Crippen molar-refractivity contribution in [2.75, 3.05) is 20.8 Å². The van der Waals surface area contributed by atoms with Gasteiger partial charge in [-0.3, -0.25) is 0 Å². The van der Waals surface area contributed by atoms with E-state index in [1.165, 1.54) is 0 Å². The summed E-state index contributed by atoms with van der Waals surface area (Å²) < 4.78 is 10.1. The summed E-state index contributed by atoms with van der Waals surface area (Å²) in [6, 6.07) is 3.70. The van der Waals surface area contributed by atoms with Gasteiger partial charge < -0.3 is 15.2 Å². The van der Waals surface area contributed by atoms with Crippen LogP contribution in [0.4, 0.5) is 0 Å². The molecule has 2 N–H and O–H groups in total. The van der Waals surface area contributed by atoms with Crippen molar-refractivity contribution in [3.8, 4) is 11.8 Å². The van der Waals surface area contributed by atoms with Crippen molar-refractivity contribution in [1.82, 2.24) is 4.98 Å². The highest BCUT2D eigenvalue weighted by Crippen LogP contribution is 2.20. The van der Waals surface area contributed by atoms with E-state index in [1.807, 2.05) is 18.2 Å². The maximum atomic E-state index is 5.39. The lowest BCUT2D eigenvalue weighted by Crippen LogP contribution is -1.96. The minimum absolute atomic E-state index is 0.544. The molecule has 0 fully saturated rings. The second kappa shape index (κ2) is 6.03. The summed E-state index contributed by atoms with van der Waals surface area (Å²) >= 11 is 0. The molecule has 0 amide bonds. The van der Waals surface area contributed by atoms with E-state index in [0.29, 0.717) is 18.3 Å². The van der Waals surface area contributed by atoms with Crippen molar-refractivity contribution in [2.45, 2.75) is 6.42 Å². The molecule has 0 aliphatic rings. The van der Waals surface area contributed by atoms with Gasteiger partial charge in [-0.25, -0.2) is 0 Å². The van der Waals surface area contributed by atoms with Crippen LogP contribution in [0.2, 0.25) is 0 Å². The molecule has 0 unspecified atom stereocenters. The Morgan fingerprint density at radius 3 is 2.73 bits per heavy atom. The summed E-state index contributed by atoms with van der Waals surface area (Å²) in [6.07, 6.45) is 4.78. The second-order valence-electron chi connectivity index (χ2n) is 2.93. The molecule has 4 nitrogen and oxygen atoms in total. The molecule has 15 heavy (non-hydrogen) atoms. The second-order valence-corrected chi connectivity index (χ2v) is 2.93. The summed E-state index contributed by atoms with van der Waals surface area (Å²) in [5.74, 6) is 1.10. The van der Waals surface area contributed by atoms with Gasteiger partial charge >= 0.3 is 0 Å². The van der Waals surface area contributed by atoms with Gasteiger partial charge in [-0.2, -0.15) is 4.98 Å². The molecule has 1 heterocycles. The molecular weight excluding hydrogens is 192 g/mol. The molecule has 82 valence electrons. The molecule has 0 aliphatic heterocycles. The van der Waals surface area contributed by atoms with Crippen LogP contribution in [0, 0.1) is 0 Å². The molecule has 0 atom stereocenters. The quantitative estimate of drug-likeness (QED) is 0.796. The van der Waals surface area contributed by atoms with Crippen LogP contribution in [0.1, 0.15) is 12.0 Å². The molecule has 1 aromatic heterocycles. The number of ether oxygens (including phenoxy) is 2. The van der Waals surface area contributed by atoms with Crippen LogP contribution in [0.3, 0.4) is 0 Å². The molecule has 0 saturated carbocycles. The van der Waals surface area contributed by atoms with Crippen LogP contribution in [-0.4, -0.2) is 25.7 Å². The lowest BCUT2D eigenvalue weighted by molar-refractivity contribution is 0.364. The Kier molecular flexibility index (Phi) is 4.63. The van der Waals surface area contributed by atoms with Gasteiger partial charge in [0.05, 0.1) is 14.2 Å². The Labute approximate surface area is 89.7 Å². The first kappa shape index (κ1) is 11.5. The van der Waals surface area contributed by atoms with Crippen LogP contribution >= 0.6 is 0 Å². The molecule has 0 radical (unpaired) electrons. The maximum absolute atomic E-state index is 5.39. The highest BCUT2D eigenvalue weighted by Gasteiger charge is 2.02. The van der Waals surface area contributed by atoms with Crippen molar-refractivity contribution in [3.63, 3.8) is 0 Å². The van der Waals surface area contributed by atoms with E-state index < -0.39 is 0 Å². The average molecular weight is 208 g/mol. The Hall–Kier alpha value is -1.55. The van der Waals surface area contributed by atoms with Crippen molar-refractivity contribution < 1.29 is 9.47 Å². The van der Waals surface area contributed by atoms with Gasteiger partial charge in [0.1, 0.15) is 0 Å². The summed E-state index contributed by atoms with van der Waals surface area (Å²) in [5.41, 5.74) is 6.31. The number of aromatic nitrogens is 1. The molecule has 0 bridgehead atoms. The minimum atomic E-state index is 0.544. The SMILES string of the molecule is COc1ccc(C=CCCN)c(OC)n1. The topological polar surface area (TPSA) is 57.4 Å². The van der Waals surface area contributed by atoms with Crippen LogP contribution in [0.5, 0.6) is 11.8 Å². The van der Waals surface area contributed by atoms with E-state index in [2.05, 4.69) is 4.98 Å². The fraction of sp³-hybridized carbons (Fsp3) is 0.364. The van der Waals surface area contributed by atoms with Gasteiger partial charge in [-0.1, -0.05) is 12.2 Å². The number of nitrogens with zero attached hydrogens (tertiary/aromatic N) is 1. The highest BCUT2D eigenvalue weighted by atomic mass is 16.5. The Morgan fingerprint density at radius 2 is 2.13 bits per heavy atom. The van der Waals surface area contributed by atoms with E-state index in [0.717, 1.165) is 12.0 Å². The van der Waals surface area contributed by atoms with Crippen molar-refractivity contribution in [2.24, 2.45) is 5.73 Å². The monoisotopic (exact) mass is 208 g/mol. The van der Waals surface area contributed by atoms with Gasteiger partial charge in [0.25, 0.3) is 0 Å².